The Hall–Kier alpha value is -3.19. The molecule has 1 amide bonds. The van der Waals surface area contributed by atoms with Crippen LogP contribution in [0, 0.1) is 11.6 Å². The Labute approximate surface area is 183 Å². The highest BCUT2D eigenvalue weighted by molar-refractivity contribution is 7.14. The molecule has 0 saturated heterocycles. The molecule has 7 heteroatoms. The Balaban J connectivity index is 1.80. The number of nitrogens with zero attached hydrogens (tertiary/aromatic N) is 2. The lowest BCUT2D eigenvalue weighted by molar-refractivity contribution is -0.115. The van der Waals surface area contributed by atoms with Gasteiger partial charge in [-0.2, -0.15) is 0 Å². The Kier molecular flexibility index (Phi) is 6.45. The molecule has 31 heavy (non-hydrogen) atoms. The van der Waals surface area contributed by atoms with Crippen LogP contribution in [0.3, 0.4) is 0 Å². The van der Waals surface area contributed by atoms with Gasteiger partial charge in [-0.1, -0.05) is 45.0 Å². The van der Waals surface area contributed by atoms with E-state index in [4.69, 9.17) is 0 Å². The number of ketones is 1. The molecule has 0 saturated carbocycles. The molecule has 1 aromatic heterocycles. The number of allylic oxidation sites excluding steroid dienone is 1. The van der Waals surface area contributed by atoms with Gasteiger partial charge in [-0.3, -0.25) is 14.5 Å². The van der Waals surface area contributed by atoms with Crippen molar-refractivity contribution in [2.45, 2.75) is 33.1 Å². The van der Waals surface area contributed by atoms with Gasteiger partial charge in [0, 0.05) is 23.9 Å². The van der Waals surface area contributed by atoms with Crippen molar-refractivity contribution in [1.29, 1.82) is 0 Å². The van der Waals surface area contributed by atoms with Crippen molar-refractivity contribution in [3.8, 4) is 0 Å². The van der Waals surface area contributed by atoms with Crippen LogP contribution < -0.4 is 4.90 Å². The van der Waals surface area contributed by atoms with Crippen LogP contribution in [0.1, 0.15) is 49.3 Å². The van der Waals surface area contributed by atoms with Crippen LogP contribution in [0.2, 0.25) is 0 Å². The van der Waals surface area contributed by atoms with Crippen molar-refractivity contribution in [3.05, 3.63) is 82.4 Å². The van der Waals surface area contributed by atoms with Crippen LogP contribution in [0.4, 0.5) is 19.6 Å². The monoisotopic (exact) mass is 440 g/mol. The van der Waals surface area contributed by atoms with Crippen molar-refractivity contribution < 1.29 is 18.4 Å². The first-order valence-electron chi connectivity index (χ1n) is 9.60. The summed E-state index contributed by atoms with van der Waals surface area (Å²) in [6.07, 6.45) is 2.95. The minimum Gasteiger partial charge on any atom is -0.289 e. The summed E-state index contributed by atoms with van der Waals surface area (Å²) in [6, 6.07) is 10.4. The van der Waals surface area contributed by atoms with E-state index in [1.165, 1.54) is 19.1 Å². The van der Waals surface area contributed by atoms with Crippen molar-refractivity contribution in [3.63, 3.8) is 0 Å². The Morgan fingerprint density at radius 2 is 1.74 bits per heavy atom. The summed E-state index contributed by atoms with van der Waals surface area (Å²) in [5.41, 5.74) is 2.05. The molecule has 0 atom stereocenters. The maximum Gasteiger partial charge on any atom is 0.230 e. The molecule has 0 radical (unpaired) electrons. The third kappa shape index (κ3) is 5.30. The number of hydrogen-bond acceptors (Lipinski definition) is 4. The molecular formula is C24H22F2N2O2S. The average molecular weight is 441 g/mol. The third-order valence-corrected chi connectivity index (χ3v) is 5.45. The minimum absolute atomic E-state index is 0.000990. The molecular weight excluding hydrogens is 418 g/mol. The zero-order valence-electron chi connectivity index (χ0n) is 17.6. The number of carbonyl (C=O) groups is 2. The van der Waals surface area contributed by atoms with Crippen LogP contribution in [0.15, 0.2) is 53.9 Å². The first-order chi connectivity index (χ1) is 14.6. The second kappa shape index (κ2) is 8.89. The quantitative estimate of drug-likeness (QED) is 0.346. The molecule has 0 unspecified atom stereocenters. The molecule has 2 aromatic carbocycles. The summed E-state index contributed by atoms with van der Waals surface area (Å²) in [6.45, 7) is 7.58. The van der Waals surface area contributed by atoms with E-state index in [1.54, 1.807) is 23.6 Å². The number of benzene rings is 2. The zero-order chi connectivity index (χ0) is 22.8. The molecule has 0 aliphatic rings. The van der Waals surface area contributed by atoms with Crippen LogP contribution in [-0.2, 0) is 10.2 Å². The maximum atomic E-state index is 14.2. The van der Waals surface area contributed by atoms with Gasteiger partial charge in [0.1, 0.15) is 11.6 Å². The van der Waals surface area contributed by atoms with Crippen molar-refractivity contribution in [1.82, 2.24) is 4.98 Å². The van der Waals surface area contributed by atoms with E-state index >= 15 is 0 Å². The van der Waals surface area contributed by atoms with Gasteiger partial charge >= 0.3 is 0 Å². The van der Waals surface area contributed by atoms with Crippen LogP contribution in [0.25, 0.3) is 6.08 Å². The van der Waals surface area contributed by atoms with Gasteiger partial charge in [-0.05, 0) is 35.3 Å². The van der Waals surface area contributed by atoms with Gasteiger partial charge in [0.05, 0.1) is 11.4 Å². The summed E-state index contributed by atoms with van der Waals surface area (Å²) >= 11 is 1.12. The fourth-order valence-electron chi connectivity index (χ4n) is 2.92. The lowest BCUT2D eigenvalue weighted by Gasteiger charge is -2.18. The van der Waals surface area contributed by atoms with Gasteiger partial charge in [-0.15, -0.1) is 11.3 Å². The van der Waals surface area contributed by atoms with Crippen molar-refractivity contribution in [2.24, 2.45) is 0 Å². The van der Waals surface area contributed by atoms with Gasteiger partial charge in [0.25, 0.3) is 0 Å². The normalized spacial score (nSPS) is 11.7. The molecule has 160 valence electrons. The number of rotatable bonds is 5. The van der Waals surface area contributed by atoms with E-state index in [1.807, 2.05) is 12.1 Å². The first kappa shape index (κ1) is 22.5. The maximum absolute atomic E-state index is 14.2. The van der Waals surface area contributed by atoms with E-state index in [2.05, 4.69) is 25.8 Å². The molecule has 0 spiro atoms. The number of halogens is 2. The van der Waals surface area contributed by atoms with E-state index < -0.39 is 17.5 Å². The lowest BCUT2D eigenvalue weighted by Crippen LogP contribution is -2.23. The fraction of sp³-hybridized carbons (Fsp3) is 0.208. The fourth-order valence-corrected chi connectivity index (χ4v) is 3.77. The second-order valence-electron chi connectivity index (χ2n) is 8.03. The topological polar surface area (TPSA) is 50.3 Å². The smallest absolute Gasteiger partial charge is 0.230 e. The zero-order valence-corrected chi connectivity index (χ0v) is 18.5. The number of hydrogen-bond donors (Lipinski definition) is 0. The molecule has 0 bridgehead atoms. The molecule has 0 N–H and O–H groups in total. The summed E-state index contributed by atoms with van der Waals surface area (Å²) in [4.78, 5) is 29.9. The van der Waals surface area contributed by atoms with Gasteiger partial charge in [0.15, 0.2) is 10.9 Å². The third-order valence-electron chi connectivity index (χ3n) is 4.61. The Morgan fingerprint density at radius 3 is 2.32 bits per heavy atom. The molecule has 4 nitrogen and oxygen atoms in total. The number of anilines is 2. The highest BCUT2D eigenvalue weighted by Gasteiger charge is 2.21. The Morgan fingerprint density at radius 1 is 1.06 bits per heavy atom. The number of aromatic nitrogens is 1. The molecule has 0 aliphatic heterocycles. The Bertz CT molecular complexity index is 1150. The van der Waals surface area contributed by atoms with Crippen LogP contribution in [-0.4, -0.2) is 16.7 Å². The second-order valence-corrected chi connectivity index (χ2v) is 8.87. The minimum atomic E-state index is -0.864. The van der Waals surface area contributed by atoms with Crippen molar-refractivity contribution in [2.75, 3.05) is 4.90 Å². The highest BCUT2D eigenvalue weighted by Crippen LogP contribution is 2.31. The van der Waals surface area contributed by atoms with Crippen molar-refractivity contribution >= 4 is 39.9 Å². The molecule has 3 aromatic rings. The molecule has 3 rings (SSSR count). The van der Waals surface area contributed by atoms with Crippen LogP contribution >= 0.6 is 11.3 Å². The first-order valence-corrected chi connectivity index (χ1v) is 10.5. The van der Waals surface area contributed by atoms with Gasteiger partial charge < -0.3 is 0 Å². The van der Waals surface area contributed by atoms with E-state index in [0.717, 1.165) is 27.9 Å². The van der Waals surface area contributed by atoms with E-state index in [-0.39, 0.29) is 22.0 Å². The average Bonchev–Trinajstić information content (AvgIpc) is 3.15. The number of thiazole rings is 1. The summed E-state index contributed by atoms with van der Waals surface area (Å²) in [5, 5.41) is 1.87. The van der Waals surface area contributed by atoms with Gasteiger partial charge in [-0.25, -0.2) is 13.8 Å². The van der Waals surface area contributed by atoms with E-state index in [0.29, 0.717) is 17.3 Å². The molecule has 1 heterocycles. The molecule has 0 aliphatic carbocycles. The largest absolute Gasteiger partial charge is 0.289 e. The predicted octanol–water partition coefficient (Wildman–Crippen LogP) is 6.30. The van der Waals surface area contributed by atoms with Gasteiger partial charge in [0.2, 0.25) is 5.91 Å². The standard InChI is InChI=1S/C24H22F2N2O2S/c1-15(29)28(21-11-9-18(25)13-20(21)26)23-27-19(14-31-23)10-12-22(30)16-5-7-17(8-6-16)24(2,3)4/h5-14H,1-4H3/b12-10+. The SMILES string of the molecule is CC(=O)N(c1nc(/C=C/C(=O)c2ccc(C(C)(C)C)cc2)cs1)c1ccc(F)cc1F. The van der Waals surface area contributed by atoms with E-state index in [9.17, 15) is 18.4 Å². The predicted molar refractivity (Wildman–Crippen MR) is 120 cm³/mol. The lowest BCUT2D eigenvalue weighted by atomic mass is 9.86. The van der Waals surface area contributed by atoms with Crippen LogP contribution in [0.5, 0.6) is 0 Å². The highest BCUT2D eigenvalue weighted by atomic mass is 32.1. The summed E-state index contributed by atoms with van der Waals surface area (Å²) in [5.74, 6) is -2.24. The number of amides is 1. The number of carbonyl (C=O) groups excluding carboxylic acids is 2. The summed E-state index contributed by atoms with van der Waals surface area (Å²) in [7, 11) is 0. The molecule has 0 fully saturated rings. The summed E-state index contributed by atoms with van der Waals surface area (Å²) < 4.78 is 27.4.